The van der Waals surface area contributed by atoms with Crippen molar-refractivity contribution in [2.75, 3.05) is 6.54 Å². The van der Waals surface area contributed by atoms with Gasteiger partial charge in [-0.15, -0.1) is 0 Å². The minimum absolute atomic E-state index is 0.0237. The topological polar surface area (TPSA) is 83.8 Å². The largest absolute Gasteiger partial charge is 0.392 e. The molecule has 0 bridgehead atoms. The highest BCUT2D eigenvalue weighted by atomic mass is 32.1. The zero-order chi connectivity index (χ0) is 12.3. The molecule has 0 unspecified atom stereocenters. The molecule has 0 spiro atoms. The van der Waals surface area contributed by atoms with Crippen LogP contribution in [0.1, 0.15) is 25.1 Å². The van der Waals surface area contributed by atoms with Gasteiger partial charge in [-0.25, -0.2) is 4.98 Å². The van der Waals surface area contributed by atoms with E-state index in [1.165, 1.54) is 0 Å². The molecule has 92 valence electrons. The molecule has 1 fully saturated rings. The van der Waals surface area contributed by atoms with Crippen LogP contribution in [0.3, 0.4) is 0 Å². The Labute approximate surface area is 105 Å². The molecule has 0 aliphatic heterocycles. The van der Waals surface area contributed by atoms with Crippen LogP contribution in [0.25, 0.3) is 0 Å². The van der Waals surface area contributed by atoms with Crippen molar-refractivity contribution in [2.45, 2.75) is 25.7 Å². The predicted molar refractivity (Wildman–Crippen MR) is 68.4 cm³/mol. The van der Waals surface area contributed by atoms with E-state index in [0.29, 0.717) is 11.5 Å². The molecule has 1 aromatic rings. The average Bonchev–Trinajstić information content (AvgIpc) is 2.97. The van der Waals surface area contributed by atoms with Gasteiger partial charge in [-0.1, -0.05) is 12.2 Å². The normalized spacial score (nSPS) is 16.5. The first-order chi connectivity index (χ1) is 8.15. The number of carbonyl (C=O) groups is 1. The van der Waals surface area contributed by atoms with Crippen LogP contribution in [-0.4, -0.2) is 27.4 Å². The summed E-state index contributed by atoms with van der Waals surface area (Å²) in [5, 5.41) is 2.88. The molecule has 1 heterocycles. The number of imidazole rings is 1. The SMILES string of the molecule is NC(=S)C1(C(=O)NCCCc2ncc[nH]2)CC1. The second kappa shape index (κ2) is 4.83. The van der Waals surface area contributed by atoms with E-state index < -0.39 is 5.41 Å². The Kier molecular flexibility index (Phi) is 3.42. The van der Waals surface area contributed by atoms with Crippen LogP contribution in [-0.2, 0) is 11.2 Å². The van der Waals surface area contributed by atoms with Crippen molar-refractivity contribution in [2.24, 2.45) is 11.1 Å². The maximum atomic E-state index is 11.8. The fraction of sp³-hybridized carbons (Fsp3) is 0.545. The van der Waals surface area contributed by atoms with Crippen molar-refractivity contribution in [3.63, 3.8) is 0 Å². The number of aryl methyl sites for hydroxylation is 1. The first-order valence-electron chi connectivity index (χ1n) is 5.71. The summed E-state index contributed by atoms with van der Waals surface area (Å²) in [6, 6.07) is 0. The molecule has 1 amide bonds. The number of amides is 1. The van der Waals surface area contributed by atoms with Crippen molar-refractivity contribution in [3.05, 3.63) is 18.2 Å². The molecule has 17 heavy (non-hydrogen) atoms. The summed E-state index contributed by atoms with van der Waals surface area (Å²) < 4.78 is 0. The van der Waals surface area contributed by atoms with Gasteiger partial charge in [0.25, 0.3) is 0 Å². The maximum Gasteiger partial charge on any atom is 0.233 e. The number of thiocarbonyl (C=S) groups is 1. The Hall–Kier alpha value is -1.43. The van der Waals surface area contributed by atoms with Gasteiger partial charge in [0, 0.05) is 25.4 Å². The number of H-pyrrole nitrogens is 1. The van der Waals surface area contributed by atoms with E-state index in [1.807, 2.05) is 0 Å². The second-order valence-electron chi connectivity index (χ2n) is 4.34. The number of aromatic amines is 1. The minimum atomic E-state index is -0.542. The number of nitrogens with two attached hydrogens (primary N) is 1. The van der Waals surface area contributed by atoms with Crippen LogP contribution >= 0.6 is 12.2 Å². The van der Waals surface area contributed by atoms with Crippen LogP contribution in [0.4, 0.5) is 0 Å². The Morgan fingerprint density at radius 1 is 1.65 bits per heavy atom. The number of nitrogens with one attached hydrogen (secondary N) is 2. The van der Waals surface area contributed by atoms with E-state index in [1.54, 1.807) is 12.4 Å². The van der Waals surface area contributed by atoms with Gasteiger partial charge in [-0.3, -0.25) is 4.79 Å². The molecule has 0 aromatic carbocycles. The van der Waals surface area contributed by atoms with Gasteiger partial charge in [0.05, 0.1) is 10.4 Å². The molecule has 1 aliphatic carbocycles. The predicted octanol–water partition coefficient (Wildman–Crippen LogP) is 0.525. The zero-order valence-electron chi connectivity index (χ0n) is 9.53. The van der Waals surface area contributed by atoms with Crippen LogP contribution in [0.15, 0.2) is 12.4 Å². The molecular weight excluding hydrogens is 236 g/mol. The summed E-state index contributed by atoms with van der Waals surface area (Å²) in [5.41, 5.74) is 5.03. The maximum absolute atomic E-state index is 11.8. The molecule has 1 aliphatic rings. The van der Waals surface area contributed by atoms with Crippen molar-refractivity contribution < 1.29 is 4.79 Å². The highest BCUT2D eigenvalue weighted by molar-refractivity contribution is 7.80. The third-order valence-electron chi connectivity index (χ3n) is 3.09. The lowest BCUT2D eigenvalue weighted by molar-refractivity contribution is -0.124. The van der Waals surface area contributed by atoms with Gasteiger partial charge in [0.15, 0.2) is 0 Å². The summed E-state index contributed by atoms with van der Waals surface area (Å²) in [5.74, 6) is 0.916. The Balaban J connectivity index is 1.69. The Morgan fingerprint density at radius 2 is 2.41 bits per heavy atom. The summed E-state index contributed by atoms with van der Waals surface area (Å²) in [4.78, 5) is 19.3. The van der Waals surface area contributed by atoms with E-state index in [4.69, 9.17) is 18.0 Å². The van der Waals surface area contributed by atoms with Gasteiger partial charge in [0.1, 0.15) is 5.82 Å². The molecule has 2 rings (SSSR count). The molecule has 0 atom stereocenters. The molecule has 1 saturated carbocycles. The summed E-state index contributed by atoms with van der Waals surface area (Å²) in [7, 11) is 0. The minimum Gasteiger partial charge on any atom is -0.392 e. The van der Waals surface area contributed by atoms with Crippen molar-refractivity contribution in [1.82, 2.24) is 15.3 Å². The Bertz CT molecular complexity index is 411. The number of rotatable bonds is 6. The van der Waals surface area contributed by atoms with Gasteiger partial charge in [-0.05, 0) is 19.3 Å². The first-order valence-corrected chi connectivity index (χ1v) is 6.12. The van der Waals surface area contributed by atoms with Crippen molar-refractivity contribution in [1.29, 1.82) is 0 Å². The van der Waals surface area contributed by atoms with Crippen LogP contribution in [0.5, 0.6) is 0 Å². The lowest BCUT2D eigenvalue weighted by Gasteiger charge is -2.13. The van der Waals surface area contributed by atoms with Crippen LogP contribution < -0.4 is 11.1 Å². The molecule has 6 heteroatoms. The monoisotopic (exact) mass is 252 g/mol. The third kappa shape index (κ3) is 2.63. The molecular formula is C11H16N4OS. The fourth-order valence-corrected chi connectivity index (χ4v) is 2.07. The Morgan fingerprint density at radius 3 is 2.94 bits per heavy atom. The van der Waals surface area contributed by atoms with E-state index >= 15 is 0 Å². The van der Waals surface area contributed by atoms with Gasteiger partial charge < -0.3 is 16.0 Å². The summed E-state index contributed by atoms with van der Waals surface area (Å²) in [6.45, 7) is 0.629. The van der Waals surface area contributed by atoms with E-state index in [0.717, 1.165) is 31.5 Å². The van der Waals surface area contributed by atoms with E-state index in [2.05, 4.69) is 15.3 Å². The number of nitrogens with zero attached hydrogens (tertiary/aromatic N) is 1. The average molecular weight is 252 g/mol. The fourth-order valence-electron chi connectivity index (χ4n) is 1.77. The lowest BCUT2D eigenvalue weighted by Crippen LogP contribution is -2.40. The molecule has 4 N–H and O–H groups in total. The van der Waals surface area contributed by atoms with Gasteiger partial charge >= 0.3 is 0 Å². The molecule has 0 saturated heterocycles. The number of hydrogen-bond acceptors (Lipinski definition) is 3. The first kappa shape index (κ1) is 12.0. The van der Waals surface area contributed by atoms with E-state index in [-0.39, 0.29) is 5.91 Å². The quantitative estimate of drug-likeness (QED) is 0.509. The zero-order valence-corrected chi connectivity index (χ0v) is 10.3. The standard InChI is InChI=1S/C11H16N4OS/c12-9(17)11(3-4-11)10(16)15-5-1-2-8-13-6-7-14-8/h6-7H,1-5H2,(H2,12,17)(H,13,14)(H,15,16). The molecule has 0 radical (unpaired) electrons. The highest BCUT2D eigenvalue weighted by Gasteiger charge is 2.52. The van der Waals surface area contributed by atoms with Gasteiger partial charge in [0.2, 0.25) is 5.91 Å². The number of hydrogen-bond donors (Lipinski definition) is 3. The smallest absolute Gasteiger partial charge is 0.233 e. The van der Waals surface area contributed by atoms with E-state index in [9.17, 15) is 4.79 Å². The van der Waals surface area contributed by atoms with Crippen LogP contribution in [0, 0.1) is 5.41 Å². The van der Waals surface area contributed by atoms with Gasteiger partial charge in [-0.2, -0.15) is 0 Å². The molecule has 1 aromatic heterocycles. The number of carbonyl (C=O) groups excluding carboxylic acids is 1. The van der Waals surface area contributed by atoms with Crippen molar-refractivity contribution >= 4 is 23.1 Å². The molecule has 5 nitrogen and oxygen atoms in total. The van der Waals surface area contributed by atoms with Crippen molar-refractivity contribution in [3.8, 4) is 0 Å². The summed E-state index contributed by atoms with van der Waals surface area (Å²) in [6.07, 6.45) is 6.76. The second-order valence-corrected chi connectivity index (χ2v) is 4.78. The van der Waals surface area contributed by atoms with Crippen LogP contribution in [0.2, 0.25) is 0 Å². The summed E-state index contributed by atoms with van der Waals surface area (Å²) >= 11 is 4.92. The third-order valence-corrected chi connectivity index (χ3v) is 3.48. The number of aromatic nitrogens is 2. The lowest BCUT2D eigenvalue weighted by atomic mass is 10.1. The highest BCUT2D eigenvalue weighted by Crippen LogP contribution is 2.46.